The summed E-state index contributed by atoms with van der Waals surface area (Å²) in [7, 11) is 0. The topological polar surface area (TPSA) is 12.5 Å². The van der Waals surface area contributed by atoms with E-state index in [1.807, 2.05) is 24.3 Å². The summed E-state index contributed by atoms with van der Waals surface area (Å²) >= 11 is 2.24. The highest BCUT2D eigenvalue weighted by Crippen LogP contribution is 2.39. The van der Waals surface area contributed by atoms with Gasteiger partial charge < -0.3 is 4.74 Å². The molecule has 1 nitrogen and oxygen atoms in total. The molecule has 1 aliphatic rings. The lowest BCUT2D eigenvalue weighted by molar-refractivity contribution is 0.358. The van der Waals surface area contributed by atoms with Crippen molar-refractivity contribution in [2.24, 2.45) is 0 Å². The second kappa shape index (κ2) is 4.95. The van der Waals surface area contributed by atoms with Gasteiger partial charge in [0.05, 0.1) is 6.61 Å². The Morgan fingerprint density at radius 3 is 2.42 bits per heavy atom. The molecule has 1 heterocycles. The summed E-state index contributed by atoms with van der Waals surface area (Å²) in [6.07, 6.45) is 0. The molecule has 0 N–H and O–H groups in total. The second-order valence-corrected chi connectivity index (χ2v) is 5.60. The molecule has 0 bridgehead atoms. The molecular formula is C16H10FIO. The van der Waals surface area contributed by atoms with E-state index in [0.29, 0.717) is 12.2 Å². The van der Waals surface area contributed by atoms with E-state index in [-0.39, 0.29) is 5.82 Å². The fourth-order valence-corrected chi connectivity index (χ4v) is 2.22. The highest BCUT2D eigenvalue weighted by Gasteiger charge is 2.47. The average molecular weight is 364 g/mol. The molecule has 19 heavy (non-hydrogen) atoms. The van der Waals surface area contributed by atoms with Gasteiger partial charge in [0.25, 0.3) is 0 Å². The summed E-state index contributed by atoms with van der Waals surface area (Å²) < 4.78 is 20.3. The largest absolute Gasteiger partial charge is 0.351 e. The molecule has 3 rings (SSSR count). The van der Waals surface area contributed by atoms with Crippen LogP contribution in [0.15, 0.2) is 48.5 Å². The number of rotatable bonds is 1. The minimum Gasteiger partial charge on any atom is -0.351 e. The van der Waals surface area contributed by atoms with Crippen molar-refractivity contribution < 1.29 is 9.13 Å². The summed E-state index contributed by atoms with van der Waals surface area (Å²) in [4.78, 5) is 0. The molecule has 0 amide bonds. The van der Waals surface area contributed by atoms with Crippen LogP contribution in [0.25, 0.3) is 0 Å². The maximum atomic E-state index is 13.8. The van der Waals surface area contributed by atoms with Gasteiger partial charge in [-0.1, -0.05) is 30.0 Å². The van der Waals surface area contributed by atoms with Crippen molar-refractivity contribution in [2.75, 3.05) is 6.61 Å². The monoisotopic (exact) mass is 364 g/mol. The third-order valence-corrected chi connectivity index (χ3v) is 3.71. The van der Waals surface area contributed by atoms with Crippen molar-refractivity contribution in [3.8, 4) is 11.8 Å². The van der Waals surface area contributed by atoms with Gasteiger partial charge in [-0.2, -0.15) is 0 Å². The molecule has 0 radical (unpaired) electrons. The van der Waals surface area contributed by atoms with Crippen LogP contribution in [0.1, 0.15) is 11.1 Å². The highest BCUT2D eigenvalue weighted by atomic mass is 127. The Kier molecular flexibility index (Phi) is 3.29. The Morgan fingerprint density at radius 1 is 1.11 bits per heavy atom. The first-order valence-electron chi connectivity index (χ1n) is 5.87. The van der Waals surface area contributed by atoms with Gasteiger partial charge in [-0.15, -0.1) is 0 Å². The van der Waals surface area contributed by atoms with Crippen LogP contribution in [-0.2, 0) is 10.3 Å². The van der Waals surface area contributed by atoms with Gasteiger partial charge in [-0.3, -0.25) is 0 Å². The third kappa shape index (κ3) is 2.65. The maximum Gasteiger partial charge on any atom is 0.180 e. The number of halogens is 2. The zero-order chi connectivity index (χ0) is 13.3. The van der Waals surface area contributed by atoms with E-state index < -0.39 is 5.60 Å². The van der Waals surface area contributed by atoms with Crippen LogP contribution >= 0.6 is 22.6 Å². The SMILES string of the molecule is Fc1ccccc1C1(C#Cc2ccc(I)cc2)CO1. The van der Waals surface area contributed by atoms with Crippen LogP contribution in [0.3, 0.4) is 0 Å². The molecule has 0 saturated carbocycles. The van der Waals surface area contributed by atoms with E-state index in [1.165, 1.54) is 6.07 Å². The summed E-state index contributed by atoms with van der Waals surface area (Å²) in [5.41, 5.74) is 0.675. The first-order valence-corrected chi connectivity index (χ1v) is 6.95. The first-order chi connectivity index (χ1) is 9.20. The Balaban J connectivity index is 1.92. The summed E-state index contributed by atoms with van der Waals surface area (Å²) in [5, 5.41) is 0. The Labute approximate surface area is 124 Å². The molecule has 2 aromatic carbocycles. The van der Waals surface area contributed by atoms with E-state index in [9.17, 15) is 4.39 Å². The van der Waals surface area contributed by atoms with Crippen LogP contribution in [-0.4, -0.2) is 6.61 Å². The van der Waals surface area contributed by atoms with Gasteiger partial charge in [0, 0.05) is 14.7 Å². The minimum atomic E-state index is -0.756. The molecule has 0 aromatic heterocycles. The van der Waals surface area contributed by atoms with Gasteiger partial charge in [-0.05, 0) is 52.9 Å². The predicted molar refractivity (Wildman–Crippen MR) is 80.1 cm³/mol. The van der Waals surface area contributed by atoms with Gasteiger partial charge >= 0.3 is 0 Å². The lowest BCUT2D eigenvalue weighted by atomic mass is 9.99. The van der Waals surface area contributed by atoms with Gasteiger partial charge in [0.2, 0.25) is 0 Å². The van der Waals surface area contributed by atoms with E-state index in [4.69, 9.17) is 4.74 Å². The summed E-state index contributed by atoms with van der Waals surface area (Å²) in [6, 6.07) is 14.5. The Hall–Kier alpha value is -1.38. The normalized spacial score (nSPS) is 20.5. The third-order valence-electron chi connectivity index (χ3n) is 2.99. The van der Waals surface area contributed by atoms with Gasteiger partial charge in [0.1, 0.15) is 5.82 Å². The predicted octanol–water partition coefficient (Wildman–Crippen LogP) is 3.71. The van der Waals surface area contributed by atoms with Crippen LogP contribution in [0, 0.1) is 21.2 Å². The number of hydrogen-bond donors (Lipinski definition) is 0. The number of ether oxygens (including phenoxy) is 1. The zero-order valence-corrected chi connectivity index (χ0v) is 12.1. The van der Waals surface area contributed by atoms with Crippen molar-refractivity contribution in [1.29, 1.82) is 0 Å². The molecule has 1 saturated heterocycles. The molecule has 0 spiro atoms. The zero-order valence-electron chi connectivity index (χ0n) is 9.99. The van der Waals surface area contributed by atoms with E-state index in [0.717, 1.165) is 9.13 Å². The molecule has 2 aromatic rings. The van der Waals surface area contributed by atoms with Crippen LogP contribution in [0.4, 0.5) is 4.39 Å². The summed E-state index contributed by atoms with van der Waals surface area (Å²) in [5.74, 6) is 5.84. The van der Waals surface area contributed by atoms with Gasteiger partial charge in [-0.25, -0.2) is 4.39 Å². The summed E-state index contributed by atoms with van der Waals surface area (Å²) in [6.45, 7) is 0.450. The lowest BCUT2D eigenvalue weighted by Crippen LogP contribution is -2.08. The van der Waals surface area contributed by atoms with Crippen LogP contribution in [0.2, 0.25) is 0 Å². The van der Waals surface area contributed by atoms with Crippen LogP contribution < -0.4 is 0 Å². The van der Waals surface area contributed by atoms with E-state index in [1.54, 1.807) is 18.2 Å². The van der Waals surface area contributed by atoms with E-state index >= 15 is 0 Å². The van der Waals surface area contributed by atoms with E-state index in [2.05, 4.69) is 34.4 Å². The van der Waals surface area contributed by atoms with Gasteiger partial charge in [0.15, 0.2) is 5.60 Å². The van der Waals surface area contributed by atoms with Crippen LogP contribution in [0.5, 0.6) is 0 Å². The fourth-order valence-electron chi connectivity index (χ4n) is 1.86. The Morgan fingerprint density at radius 2 is 1.79 bits per heavy atom. The number of benzene rings is 2. The average Bonchev–Trinajstić information content (AvgIpc) is 3.20. The second-order valence-electron chi connectivity index (χ2n) is 4.35. The van der Waals surface area contributed by atoms with Crippen molar-refractivity contribution in [3.63, 3.8) is 0 Å². The molecule has 1 aliphatic heterocycles. The van der Waals surface area contributed by atoms with Crippen molar-refractivity contribution in [3.05, 3.63) is 69.0 Å². The first kappa shape index (κ1) is 12.6. The van der Waals surface area contributed by atoms with Crippen molar-refractivity contribution in [2.45, 2.75) is 5.60 Å². The number of epoxide rings is 1. The van der Waals surface area contributed by atoms with Crippen molar-refractivity contribution >= 4 is 22.6 Å². The number of hydrogen-bond acceptors (Lipinski definition) is 1. The standard InChI is InChI=1S/C16H10FIO/c17-15-4-2-1-3-14(15)16(11-19-16)10-9-12-5-7-13(18)8-6-12/h1-8H,11H2. The molecular weight excluding hydrogens is 354 g/mol. The molecule has 0 aliphatic carbocycles. The maximum absolute atomic E-state index is 13.8. The molecule has 94 valence electrons. The quantitative estimate of drug-likeness (QED) is 0.427. The Bertz CT molecular complexity index is 663. The lowest BCUT2D eigenvalue weighted by Gasteiger charge is -2.05. The molecule has 1 atom stereocenters. The molecule has 1 unspecified atom stereocenters. The van der Waals surface area contributed by atoms with Crippen molar-refractivity contribution in [1.82, 2.24) is 0 Å². The molecule has 1 fully saturated rings. The highest BCUT2D eigenvalue weighted by molar-refractivity contribution is 14.1. The smallest absolute Gasteiger partial charge is 0.180 e. The fraction of sp³-hybridized carbons (Fsp3) is 0.125. The minimum absolute atomic E-state index is 0.267. The molecule has 3 heteroatoms.